The Morgan fingerprint density at radius 3 is 2.83 bits per heavy atom. The summed E-state index contributed by atoms with van der Waals surface area (Å²) in [5, 5.41) is 16.9. The van der Waals surface area contributed by atoms with Crippen LogP contribution in [0.25, 0.3) is 0 Å². The van der Waals surface area contributed by atoms with E-state index in [1.807, 2.05) is 6.92 Å². The molecule has 0 aliphatic heterocycles. The molecule has 0 bridgehead atoms. The Labute approximate surface area is 105 Å². The minimum Gasteiger partial charge on any atom is -0.364 e. The van der Waals surface area contributed by atoms with Crippen LogP contribution in [0.5, 0.6) is 0 Å². The largest absolute Gasteiger partial charge is 0.364 e. The fourth-order valence-corrected chi connectivity index (χ4v) is 1.79. The van der Waals surface area contributed by atoms with Gasteiger partial charge in [-0.1, -0.05) is 6.92 Å². The highest BCUT2D eigenvalue weighted by Gasteiger charge is 2.32. The van der Waals surface area contributed by atoms with Gasteiger partial charge in [0, 0.05) is 13.1 Å². The lowest BCUT2D eigenvalue weighted by atomic mass is 10.3. The highest BCUT2D eigenvalue weighted by atomic mass is 16.6. The Morgan fingerprint density at radius 2 is 2.28 bits per heavy atom. The summed E-state index contributed by atoms with van der Waals surface area (Å²) in [7, 11) is 0. The van der Waals surface area contributed by atoms with Gasteiger partial charge >= 0.3 is 5.69 Å². The highest BCUT2D eigenvalue weighted by Crippen LogP contribution is 2.38. The van der Waals surface area contributed by atoms with Gasteiger partial charge in [-0.3, -0.25) is 10.1 Å². The first kappa shape index (κ1) is 12.5. The van der Waals surface area contributed by atoms with Crippen LogP contribution in [-0.2, 0) is 0 Å². The van der Waals surface area contributed by atoms with Crippen molar-refractivity contribution in [1.29, 1.82) is 0 Å². The average Bonchev–Trinajstić information content (AvgIpc) is 3.03. The molecule has 1 saturated carbocycles. The van der Waals surface area contributed by atoms with Gasteiger partial charge in [-0.2, -0.15) is 4.98 Å². The van der Waals surface area contributed by atoms with Crippen molar-refractivity contribution in [2.75, 3.05) is 23.7 Å². The second-order valence-electron chi connectivity index (χ2n) is 4.57. The van der Waals surface area contributed by atoms with Crippen molar-refractivity contribution in [2.45, 2.75) is 20.3 Å². The molecule has 1 aliphatic rings. The third-order valence-electron chi connectivity index (χ3n) is 3.11. The molecule has 0 saturated heterocycles. The third-order valence-corrected chi connectivity index (χ3v) is 3.11. The molecule has 1 aliphatic carbocycles. The van der Waals surface area contributed by atoms with Crippen molar-refractivity contribution in [3.8, 4) is 0 Å². The number of nitro groups is 1. The molecule has 1 heterocycles. The normalized spacial score (nSPS) is 21.4. The van der Waals surface area contributed by atoms with Crippen molar-refractivity contribution < 1.29 is 4.92 Å². The zero-order valence-electron chi connectivity index (χ0n) is 10.5. The second-order valence-corrected chi connectivity index (χ2v) is 4.57. The molecule has 98 valence electrons. The molecule has 7 nitrogen and oxygen atoms in total. The zero-order valence-corrected chi connectivity index (χ0v) is 10.5. The fourth-order valence-electron chi connectivity index (χ4n) is 1.79. The third kappa shape index (κ3) is 2.85. The van der Waals surface area contributed by atoms with Crippen LogP contribution in [0.3, 0.4) is 0 Å². The number of anilines is 2. The van der Waals surface area contributed by atoms with Crippen LogP contribution in [-0.4, -0.2) is 28.0 Å². The molecule has 1 aromatic heterocycles. The summed E-state index contributed by atoms with van der Waals surface area (Å²) in [5.74, 6) is 2.01. The molecular weight excluding hydrogens is 234 g/mol. The molecule has 7 heteroatoms. The minimum atomic E-state index is -0.464. The summed E-state index contributed by atoms with van der Waals surface area (Å²) in [6.45, 7) is 5.50. The zero-order chi connectivity index (χ0) is 13.1. The van der Waals surface area contributed by atoms with Crippen molar-refractivity contribution in [2.24, 2.45) is 11.8 Å². The van der Waals surface area contributed by atoms with Crippen LogP contribution in [0, 0.1) is 22.0 Å². The summed E-state index contributed by atoms with van der Waals surface area (Å²) in [5.41, 5.74) is -0.0787. The molecule has 2 unspecified atom stereocenters. The van der Waals surface area contributed by atoms with E-state index in [1.165, 1.54) is 12.6 Å². The molecule has 1 fully saturated rings. The Hall–Kier alpha value is -1.92. The summed E-state index contributed by atoms with van der Waals surface area (Å²) in [6.07, 6.45) is 2.41. The maximum absolute atomic E-state index is 10.9. The topological polar surface area (TPSA) is 93.0 Å². The lowest BCUT2D eigenvalue weighted by molar-refractivity contribution is -0.384. The van der Waals surface area contributed by atoms with Gasteiger partial charge in [0.1, 0.15) is 6.20 Å². The second kappa shape index (κ2) is 5.16. The van der Waals surface area contributed by atoms with Gasteiger partial charge in [-0.25, -0.2) is 4.98 Å². The smallest absolute Gasteiger partial charge is 0.329 e. The van der Waals surface area contributed by atoms with Gasteiger partial charge < -0.3 is 10.6 Å². The first-order valence-corrected chi connectivity index (χ1v) is 6.11. The van der Waals surface area contributed by atoms with Crippen molar-refractivity contribution in [1.82, 2.24) is 9.97 Å². The Balaban J connectivity index is 2.11. The van der Waals surface area contributed by atoms with E-state index >= 15 is 0 Å². The lowest BCUT2D eigenvalue weighted by Crippen LogP contribution is -2.11. The highest BCUT2D eigenvalue weighted by molar-refractivity contribution is 5.57. The summed E-state index contributed by atoms with van der Waals surface area (Å²) in [6, 6.07) is 0. The molecule has 2 atom stereocenters. The molecule has 1 aromatic rings. The first-order chi connectivity index (χ1) is 8.61. The van der Waals surface area contributed by atoms with Crippen LogP contribution < -0.4 is 10.6 Å². The van der Waals surface area contributed by atoms with E-state index in [4.69, 9.17) is 0 Å². The molecule has 0 aromatic carbocycles. The van der Waals surface area contributed by atoms with E-state index in [-0.39, 0.29) is 5.69 Å². The Bertz CT molecular complexity index is 451. The van der Waals surface area contributed by atoms with Gasteiger partial charge in [0.25, 0.3) is 0 Å². The predicted molar refractivity (Wildman–Crippen MR) is 68.6 cm³/mol. The van der Waals surface area contributed by atoms with Crippen LogP contribution in [0.1, 0.15) is 20.3 Å². The summed E-state index contributed by atoms with van der Waals surface area (Å²) < 4.78 is 0. The molecule has 0 amide bonds. The molecular formula is C11H17N5O2. The van der Waals surface area contributed by atoms with E-state index in [2.05, 4.69) is 27.5 Å². The van der Waals surface area contributed by atoms with Crippen LogP contribution in [0.2, 0.25) is 0 Å². The van der Waals surface area contributed by atoms with Gasteiger partial charge in [0.2, 0.25) is 11.8 Å². The number of rotatable bonds is 6. The van der Waals surface area contributed by atoms with E-state index < -0.39 is 4.92 Å². The minimum absolute atomic E-state index is 0.0787. The van der Waals surface area contributed by atoms with Crippen molar-refractivity contribution >= 4 is 17.5 Å². The molecule has 2 N–H and O–H groups in total. The number of nitrogens with zero attached hydrogens (tertiary/aromatic N) is 3. The fraction of sp³-hybridized carbons (Fsp3) is 0.636. The van der Waals surface area contributed by atoms with Gasteiger partial charge in [-0.15, -0.1) is 0 Å². The van der Waals surface area contributed by atoms with Crippen molar-refractivity contribution in [3.63, 3.8) is 0 Å². The average molecular weight is 251 g/mol. The van der Waals surface area contributed by atoms with Crippen LogP contribution in [0.15, 0.2) is 6.20 Å². The molecule has 18 heavy (non-hydrogen) atoms. The van der Waals surface area contributed by atoms with E-state index in [1.54, 1.807) is 0 Å². The number of nitrogens with one attached hydrogen (secondary N) is 2. The molecule has 0 spiro atoms. The van der Waals surface area contributed by atoms with Gasteiger partial charge in [-0.05, 0) is 25.2 Å². The quantitative estimate of drug-likeness (QED) is 0.592. The van der Waals surface area contributed by atoms with Crippen LogP contribution in [0.4, 0.5) is 17.5 Å². The SMILES string of the molecule is CCNc1ncc([N+](=O)[O-])c(NCC2CC2C)n1. The number of hydrogen-bond acceptors (Lipinski definition) is 6. The maximum Gasteiger partial charge on any atom is 0.329 e. The van der Waals surface area contributed by atoms with Crippen LogP contribution >= 0.6 is 0 Å². The lowest BCUT2D eigenvalue weighted by Gasteiger charge is -2.07. The molecule has 2 rings (SSSR count). The number of hydrogen-bond donors (Lipinski definition) is 2. The molecule has 0 radical (unpaired) electrons. The van der Waals surface area contributed by atoms with E-state index in [0.717, 1.165) is 6.54 Å². The summed E-state index contributed by atoms with van der Waals surface area (Å²) >= 11 is 0. The summed E-state index contributed by atoms with van der Waals surface area (Å²) in [4.78, 5) is 18.5. The standard InChI is InChI=1S/C11H17N5O2/c1-3-12-11-14-6-9(16(17)18)10(15-11)13-5-8-4-7(8)2/h6-8H,3-5H2,1-2H3,(H2,12,13,14,15). The Kier molecular flexibility index (Phi) is 3.59. The van der Waals surface area contributed by atoms with E-state index in [0.29, 0.717) is 30.1 Å². The van der Waals surface area contributed by atoms with Crippen molar-refractivity contribution in [3.05, 3.63) is 16.3 Å². The maximum atomic E-state index is 10.9. The number of aromatic nitrogens is 2. The van der Waals surface area contributed by atoms with Gasteiger partial charge in [0.15, 0.2) is 0 Å². The first-order valence-electron chi connectivity index (χ1n) is 6.11. The predicted octanol–water partition coefficient (Wildman–Crippen LogP) is 1.88. The van der Waals surface area contributed by atoms with E-state index in [9.17, 15) is 10.1 Å². The monoisotopic (exact) mass is 251 g/mol. The Morgan fingerprint density at radius 1 is 1.56 bits per heavy atom. The van der Waals surface area contributed by atoms with Gasteiger partial charge in [0.05, 0.1) is 4.92 Å².